The van der Waals surface area contributed by atoms with E-state index in [4.69, 9.17) is 4.74 Å². The zero-order valence-corrected chi connectivity index (χ0v) is 28.4. The summed E-state index contributed by atoms with van der Waals surface area (Å²) in [5, 5.41) is 34.4. The van der Waals surface area contributed by atoms with Gasteiger partial charge in [0.15, 0.2) is 0 Å². The molecule has 0 aliphatic heterocycles. The van der Waals surface area contributed by atoms with E-state index in [0.29, 0.717) is 49.5 Å². The maximum absolute atomic E-state index is 12.8. The van der Waals surface area contributed by atoms with Crippen LogP contribution in [0.4, 0.5) is 0 Å². The molecule has 10 atom stereocenters. The molecule has 0 radical (unpaired) electrons. The third-order valence-corrected chi connectivity index (χ3v) is 14.7. The Morgan fingerprint density at radius 3 is 2.47 bits per heavy atom. The predicted octanol–water partition coefficient (Wildman–Crippen LogP) is 6.91. The van der Waals surface area contributed by atoms with Crippen LogP contribution in [0.2, 0.25) is 0 Å². The Morgan fingerprint density at radius 1 is 0.933 bits per heavy atom. The van der Waals surface area contributed by atoms with E-state index in [0.717, 1.165) is 68.9 Å². The second kappa shape index (κ2) is 11.9. The fraction of sp³-hybridized carbons (Fsp3) is 0.750. The zero-order valence-electron chi connectivity index (χ0n) is 28.4. The fourth-order valence-electron chi connectivity index (χ4n) is 11.7. The van der Waals surface area contributed by atoms with Crippen molar-refractivity contribution in [2.24, 2.45) is 45.8 Å². The third-order valence-electron chi connectivity index (χ3n) is 14.7. The minimum absolute atomic E-state index is 0.148. The maximum atomic E-state index is 12.8. The van der Waals surface area contributed by atoms with E-state index in [1.54, 1.807) is 5.57 Å². The Balaban J connectivity index is 1.08. The molecule has 1 aromatic carbocycles. The van der Waals surface area contributed by atoms with Crippen LogP contribution in [0.25, 0.3) is 0 Å². The molecule has 7 aliphatic carbocycles. The smallest absolute Gasteiger partial charge is 0.0900 e. The van der Waals surface area contributed by atoms with Gasteiger partial charge in [0.25, 0.3) is 0 Å². The molecule has 5 nitrogen and oxygen atoms in total. The van der Waals surface area contributed by atoms with E-state index in [1.807, 2.05) is 18.2 Å². The number of rotatable bonds is 10. The molecule has 0 amide bonds. The van der Waals surface area contributed by atoms with Gasteiger partial charge in [-0.05, 0) is 110 Å². The highest BCUT2D eigenvalue weighted by atomic mass is 16.5. The van der Waals surface area contributed by atoms with Gasteiger partial charge in [-0.15, -0.1) is 0 Å². The van der Waals surface area contributed by atoms with Gasteiger partial charge < -0.3 is 20.1 Å². The van der Waals surface area contributed by atoms with E-state index >= 15 is 0 Å². The van der Waals surface area contributed by atoms with Crippen molar-refractivity contribution in [3.63, 3.8) is 0 Å². The lowest BCUT2D eigenvalue weighted by atomic mass is 9.45. The molecule has 0 saturated heterocycles. The van der Waals surface area contributed by atoms with Gasteiger partial charge in [-0.2, -0.15) is 0 Å². The highest BCUT2D eigenvalue weighted by Crippen LogP contribution is 2.66. The number of nitrogens with zero attached hydrogens (tertiary/aromatic N) is 1. The molecule has 1 aromatic rings. The van der Waals surface area contributed by atoms with Crippen LogP contribution in [0.1, 0.15) is 97.5 Å². The Kier molecular flexibility index (Phi) is 8.46. The standard InChI is InChI=1S/C40H59NO4/c1-37(2)29-11-10-28(36(37)21-29)22-41(23-32(43)25-45-24-27-8-6-5-7-9-27)26-40(44)19-16-35-33-13-12-30-20-31(42)14-17-38(30,3)34(33)15-18-39(35,40)4/h5-9,12-13,28-29,31-32,34-36,42-44H,10-11,14-26H2,1-4H3/t28-,29-,31-,32+,34-,35-,36-,38-,39-,40+/m0/s1. The Bertz CT molecular complexity index is 1290. The summed E-state index contributed by atoms with van der Waals surface area (Å²) in [7, 11) is 0. The molecule has 3 N–H and O–H groups in total. The molecule has 45 heavy (non-hydrogen) atoms. The summed E-state index contributed by atoms with van der Waals surface area (Å²) in [6.07, 6.45) is 14.7. The van der Waals surface area contributed by atoms with Gasteiger partial charge in [0, 0.05) is 25.0 Å². The molecule has 0 heterocycles. The molecule has 8 rings (SSSR count). The Morgan fingerprint density at radius 2 is 1.71 bits per heavy atom. The Labute approximate surface area is 272 Å². The molecule has 6 saturated carbocycles. The minimum Gasteiger partial charge on any atom is -0.393 e. The number of allylic oxidation sites excluding steroid dienone is 3. The summed E-state index contributed by atoms with van der Waals surface area (Å²) < 4.78 is 5.99. The third kappa shape index (κ3) is 5.51. The van der Waals surface area contributed by atoms with Crippen LogP contribution in [-0.4, -0.2) is 64.3 Å². The van der Waals surface area contributed by atoms with Gasteiger partial charge >= 0.3 is 0 Å². The molecule has 7 aliphatic rings. The zero-order chi connectivity index (χ0) is 31.6. The lowest BCUT2D eigenvalue weighted by molar-refractivity contribution is -0.132. The van der Waals surface area contributed by atoms with Gasteiger partial charge in [0.05, 0.1) is 31.0 Å². The number of aliphatic hydroxyl groups excluding tert-OH is 2. The summed E-state index contributed by atoms with van der Waals surface area (Å²) in [6, 6.07) is 10.2. The summed E-state index contributed by atoms with van der Waals surface area (Å²) >= 11 is 0. The quantitative estimate of drug-likeness (QED) is 0.266. The first-order valence-corrected chi connectivity index (χ1v) is 18.3. The average molecular weight is 618 g/mol. The van der Waals surface area contributed by atoms with Crippen LogP contribution >= 0.6 is 0 Å². The first-order valence-electron chi connectivity index (χ1n) is 18.3. The van der Waals surface area contributed by atoms with Crippen molar-refractivity contribution in [1.82, 2.24) is 4.90 Å². The molecule has 0 spiro atoms. The molecular weight excluding hydrogens is 558 g/mol. The van der Waals surface area contributed by atoms with Crippen molar-refractivity contribution in [3.8, 4) is 0 Å². The van der Waals surface area contributed by atoms with Crippen LogP contribution in [0, 0.1) is 45.8 Å². The first kappa shape index (κ1) is 32.1. The summed E-state index contributed by atoms with van der Waals surface area (Å²) in [4.78, 5) is 2.45. The van der Waals surface area contributed by atoms with Gasteiger partial charge in [0.1, 0.15) is 0 Å². The highest BCUT2D eigenvalue weighted by molar-refractivity contribution is 5.39. The second-order valence-corrected chi connectivity index (χ2v) is 17.4. The monoisotopic (exact) mass is 617 g/mol. The van der Waals surface area contributed by atoms with E-state index in [2.05, 4.69) is 56.9 Å². The lowest BCUT2D eigenvalue weighted by Gasteiger charge is -2.61. The first-order chi connectivity index (χ1) is 21.4. The van der Waals surface area contributed by atoms with Crippen molar-refractivity contribution < 1.29 is 20.1 Å². The molecular formula is C40H59NO4. The van der Waals surface area contributed by atoms with Crippen LogP contribution in [-0.2, 0) is 11.3 Å². The summed E-state index contributed by atoms with van der Waals surface area (Å²) in [5.41, 5.74) is 3.73. The van der Waals surface area contributed by atoms with E-state index in [9.17, 15) is 15.3 Å². The van der Waals surface area contributed by atoms with Crippen molar-refractivity contribution in [2.45, 2.75) is 116 Å². The van der Waals surface area contributed by atoms with Crippen LogP contribution in [0.5, 0.6) is 0 Å². The van der Waals surface area contributed by atoms with Crippen LogP contribution in [0.3, 0.4) is 0 Å². The number of fused-ring (bicyclic) bond motifs is 7. The van der Waals surface area contributed by atoms with Crippen molar-refractivity contribution in [1.29, 1.82) is 0 Å². The predicted molar refractivity (Wildman–Crippen MR) is 179 cm³/mol. The SMILES string of the molecule is CC1(C)[C@H]2CC[C@@H](CN(C[C@@H](O)COCc3ccccc3)C[C@]3(O)CC[C@H]4C5=CC=C6C[C@@H](O)CC[C@]6(C)[C@H]5CC[C@@]43C)[C@@H]1C2. The second-order valence-electron chi connectivity index (χ2n) is 17.4. The highest BCUT2D eigenvalue weighted by Gasteiger charge is 2.62. The van der Waals surface area contributed by atoms with Gasteiger partial charge in [0.2, 0.25) is 0 Å². The molecule has 2 bridgehead atoms. The molecule has 248 valence electrons. The fourth-order valence-corrected chi connectivity index (χ4v) is 11.7. The topological polar surface area (TPSA) is 73.2 Å². The molecule has 5 heteroatoms. The van der Waals surface area contributed by atoms with Gasteiger partial charge in [-0.1, -0.05) is 81.3 Å². The van der Waals surface area contributed by atoms with E-state index in [-0.39, 0.29) is 16.9 Å². The van der Waals surface area contributed by atoms with Crippen LogP contribution in [0.15, 0.2) is 53.6 Å². The normalized spacial score (nSPS) is 42.1. The van der Waals surface area contributed by atoms with Crippen LogP contribution < -0.4 is 0 Å². The van der Waals surface area contributed by atoms with E-state index < -0.39 is 11.7 Å². The van der Waals surface area contributed by atoms with Crippen molar-refractivity contribution >= 4 is 0 Å². The number of benzene rings is 1. The van der Waals surface area contributed by atoms with Crippen molar-refractivity contribution in [2.75, 3.05) is 26.2 Å². The lowest BCUT2D eigenvalue weighted by Crippen LogP contribution is -2.59. The number of hydrogen-bond donors (Lipinski definition) is 3. The number of aliphatic hydroxyl groups is 3. The summed E-state index contributed by atoms with van der Waals surface area (Å²) in [5.74, 6) is 3.15. The molecule has 6 fully saturated rings. The number of hydrogen-bond acceptors (Lipinski definition) is 5. The van der Waals surface area contributed by atoms with Gasteiger partial charge in [-0.3, -0.25) is 4.90 Å². The van der Waals surface area contributed by atoms with Gasteiger partial charge in [-0.25, -0.2) is 0 Å². The Hall–Kier alpha value is -1.50. The summed E-state index contributed by atoms with van der Waals surface area (Å²) in [6.45, 7) is 12.7. The molecule has 0 unspecified atom stereocenters. The average Bonchev–Trinajstić information content (AvgIpc) is 3.27. The maximum Gasteiger partial charge on any atom is 0.0900 e. The molecule has 0 aromatic heterocycles. The largest absolute Gasteiger partial charge is 0.393 e. The minimum atomic E-state index is -0.784. The number of ether oxygens (including phenoxy) is 1. The van der Waals surface area contributed by atoms with Crippen molar-refractivity contribution in [3.05, 3.63) is 59.2 Å². The van der Waals surface area contributed by atoms with E-state index in [1.165, 1.54) is 24.8 Å².